The fraction of sp³-hybridized carbons (Fsp3) is 0.719. The molecule has 3 aliphatic rings. The van der Waals surface area contributed by atoms with Crippen molar-refractivity contribution in [3.05, 3.63) is 29.8 Å². The molecule has 10 N–H and O–H groups in total. The largest absolute Gasteiger partial charge is 0.463 e. The molecule has 16 unspecified atom stereocenters. The number of carbonyl (C=O) groups excluding carboxylic acids is 19. The van der Waals surface area contributed by atoms with E-state index in [4.69, 9.17) is 101 Å². The van der Waals surface area contributed by atoms with Crippen molar-refractivity contribution in [1.29, 1.82) is 0 Å². The van der Waals surface area contributed by atoms with Gasteiger partial charge in [-0.2, -0.15) is 0 Å². The summed E-state index contributed by atoms with van der Waals surface area (Å²) in [7, 11) is -1.70. The van der Waals surface area contributed by atoms with Gasteiger partial charge in [0.25, 0.3) is 5.91 Å². The minimum absolute atomic E-state index is 0.00781. The molecule has 16 atom stereocenters. The second-order valence-electron chi connectivity index (χ2n) is 35.2. The summed E-state index contributed by atoms with van der Waals surface area (Å²) in [5.74, 6) is -8.38. The number of benzene rings is 1. The van der Waals surface area contributed by atoms with Crippen LogP contribution in [0.15, 0.2) is 24.3 Å². The lowest BCUT2D eigenvalue weighted by Gasteiger charge is -2.44. The van der Waals surface area contributed by atoms with Gasteiger partial charge in [0.1, 0.15) is 67.5 Å². The average molecular weight is 2110 g/mol. The Morgan fingerprint density at radius 3 is 0.898 bits per heavy atom. The number of terminal acetylenes is 1. The highest BCUT2D eigenvalue weighted by atomic mass is 31.2. The third kappa shape index (κ3) is 52.8. The number of carbonyl (C=O) groups is 19. The monoisotopic (exact) mass is 2110 g/mol. The van der Waals surface area contributed by atoms with Gasteiger partial charge in [0.2, 0.25) is 53.2 Å². The van der Waals surface area contributed by atoms with E-state index < -0.39 is 221 Å². The van der Waals surface area contributed by atoms with Crippen LogP contribution in [-0.4, -0.2) is 352 Å². The van der Waals surface area contributed by atoms with E-state index >= 15 is 0 Å². The fourth-order valence-electron chi connectivity index (χ4n) is 15.1. The van der Waals surface area contributed by atoms with E-state index in [1.54, 1.807) is 12.1 Å². The Balaban J connectivity index is 1.45. The number of nitrogens with zero attached hydrogens (tertiary/aromatic N) is 1. The quantitative estimate of drug-likeness (QED) is 0.0145. The number of rotatable bonds is 70. The number of ether oxygens (including phenoxy) is 18. The Morgan fingerprint density at radius 1 is 0.361 bits per heavy atom. The summed E-state index contributed by atoms with van der Waals surface area (Å²) in [6.07, 6.45) is -7.13. The first-order valence-electron chi connectivity index (χ1n) is 49.0. The maximum Gasteiger partial charge on any atom is 0.321 e. The smallest absolute Gasteiger partial charge is 0.321 e. The molecule has 1 aromatic carbocycles. The van der Waals surface area contributed by atoms with Gasteiger partial charge >= 0.3 is 62.2 Å². The van der Waals surface area contributed by atoms with Crippen LogP contribution in [0.1, 0.15) is 224 Å². The van der Waals surface area contributed by atoms with Crippen molar-refractivity contribution in [3.8, 4) is 18.1 Å². The highest BCUT2D eigenvalue weighted by molar-refractivity contribution is 7.45. The van der Waals surface area contributed by atoms with Gasteiger partial charge in [0.15, 0.2) is 55.5 Å². The molecule has 3 fully saturated rings. The van der Waals surface area contributed by atoms with Gasteiger partial charge in [-0.15, -0.1) is 12.3 Å². The van der Waals surface area contributed by atoms with Gasteiger partial charge in [0.05, 0.1) is 46.2 Å². The SMILES string of the molecule is C#CCCOP(Oc1ccc(C(=O)NC(COCCC(=O)NCCCNC(=O)CCCCOC2OC(COC(C)=O)C(OC(C)=O)C(OC(C)=O)C2NC(C)=O)(COCCC(=O)NCCCNC(=O)CCCCOC2OC(COC(C)=O)C(OC(C)=O)C(OC(C)=O)C2NC(C)=O)COCCC(=O)NCCCNC(=O)CCCCOC2OC(COC(C)=O)C(OC(C)=O)C(OC(C)=O)C2NC(C)=O)cc1)N(C(C)C)C(C)C. The van der Waals surface area contributed by atoms with E-state index in [-0.39, 0.29) is 179 Å². The normalized spacial score (nSPS) is 21.0. The molecule has 0 aliphatic carbocycles. The van der Waals surface area contributed by atoms with Crippen LogP contribution in [0.2, 0.25) is 0 Å². The van der Waals surface area contributed by atoms with Crippen molar-refractivity contribution in [1.82, 2.24) is 57.8 Å². The average Bonchev–Trinajstić information content (AvgIpc) is 0.791. The summed E-state index contributed by atoms with van der Waals surface area (Å²) in [6.45, 7) is 19.7. The molecule has 0 bridgehead atoms. The highest BCUT2D eigenvalue weighted by Gasteiger charge is 2.55. The van der Waals surface area contributed by atoms with Crippen molar-refractivity contribution >= 4 is 121 Å². The molecule has 50 nitrogen and oxygen atoms in total. The van der Waals surface area contributed by atoms with Gasteiger partial charge in [-0.1, -0.05) is 0 Å². The first kappa shape index (κ1) is 128. The molecule has 0 radical (unpaired) electrons. The highest BCUT2D eigenvalue weighted by Crippen LogP contribution is 2.46. The second kappa shape index (κ2) is 70.4. The zero-order valence-electron chi connectivity index (χ0n) is 86.8. The van der Waals surface area contributed by atoms with Crippen molar-refractivity contribution in [2.24, 2.45) is 0 Å². The zero-order chi connectivity index (χ0) is 109. The summed E-state index contributed by atoms with van der Waals surface area (Å²) in [6, 6.07) is 2.66. The predicted molar refractivity (Wildman–Crippen MR) is 515 cm³/mol. The molecule has 3 aliphatic heterocycles. The standard InChI is InChI=1S/C96H150N11O39P/c1-18-19-48-136-147(107(58(2)3)59(4)5)146-73-34-32-72(33-35-73)92(126)106-96(55-127-49-36-80(123)100-42-26-39-97-77(120)29-20-23-45-130-93-83(103-60(6)108)89(140-69(15)117)86(137-66(12)114)74(143-93)52-133-63(9)111,56-128-50-37-81(124)101-43-27-40-98-78(121)30-21-24-46-131-94-84(104-61(7)109)90(141-70(16)118)87(138-67(13)115)75(144-94)53-134-64(10)112)57-129-51-38-82(125)102-44-28-41-99-79(122)31-22-25-47-132-95-85(105-62(8)110)91(142-71(17)119)88(139-68(14)116)76(145-95)54-135-65(11)113/h1,32-35,58-59,74-76,83-91,93-95H,19-31,36-57H2,2-17H3,(H,97,120)(H,98,121)(H,99,122)(H,100,123)(H,101,124)(H,102,125)(H,103,108)(H,104,109)(H,105,110)(H,106,126). The maximum absolute atomic E-state index is 14.8. The lowest BCUT2D eigenvalue weighted by molar-refractivity contribution is -0.277. The molecule has 0 saturated carbocycles. The molecule has 828 valence electrons. The second-order valence-corrected chi connectivity index (χ2v) is 36.5. The van der Waals surface area contributed by atoms with Gasteiger partial charge in [-0.05, 0) is 110 Å². The van der Waals surface area contributed by atoms with Crippen molar-refractivity contribution in [3.63, 3.8) is 0 Å². The summed E-state index contributed by atoms with van der Waals surface area (Å²) < 4.78 is 118. The molecular formula is C96H150N11O39P. The van der Waals surface area contributed by atoms with Crippen LogP contribution in [0.4, 0.5) is 0 Å². The molecule has 0 aromatic heterocycles. The molecular weight excluding hydrogens is 1960 g/mol. The zero-order valence-corrected chi connectivity index (χ0v) is 87.7. The summed E-state index contributed by atoms with van der Waals surface area (Å²) >= 11 is 0. The van der Waals surface area contributed by atoms with Crippen LogP contribution in [0, 0.1) is 12.3 Å². The van der Waals surface area contributed by atoms with Crippen LogP contribution >= 0.6 is 8.53 Å². The van der Waals surface area contributed by atoms with Gasteiger partial charge in [0, 0.05) is 205 Å². The summed E-state index contributed by atoms with van der Waals surface area (Å²) in [4.78, 5) is 240. The van der Waals surface area contributed by atoms with Gasteiger partial charge in [-0.25, -0.2) is 4.67 Å². The van der Waals surface area contributed by atoms with Crippen molar-refractivity contribution in [2.45, 2.75) is 323 Å². The molecule has 51 heteroatoms. The van der Waals surface area contributed by atoms with Crippen molar-refractivity contribution < 1.29 is 185 Å². The van der Waals surface area contributed by atoms with E-state index in [2.05, 4.69) is 63.8 Å². The minimum Gasteiger partial charge on any atom is -0.463 e. The first-order valence-corrected chi connectivity index (χ1v) is 50.1. The van der Waals surface area contributed by atoms with Crippen LogP contribution in [0.25, 0.3) is 0 Å². The van der Waals surface area contributed by atoms with E-state index in [0.29, 0.717) is 70.0 Å². The molecule has 4 rings (SSSR count). The van der Waals surface area contributed by atoms with Gasteiger partial charge < -0.3 is 147 Å². The number of nitrogens with one attached hydrogen (secondary N) is 10. The molecule has 10 amide bonds. The van der Waals surface area contributed by atoms with Crippen LogP contribution < -0.4 is 57.7 Å². The minimum atomic E-state index is -1.70. The lowest BCUT2D eigenvalue weighted by atomic mass is 9.96. The molecule has 1 aromatic rings. The Labute approximate surface area is 857 Å². The van der Waals surface area contributed by atoms with E-state index in [0.717, 1.165) is 62.3 Å². The summed E-state index contributed by atoms with van der Waals surface area (Å²) in [5.41, 5.74) is -1.50. The van der Waals surface area contributed by atoms with Gasteiger partial charge in [-0.3, -0.25) is 91.1 Å². The van der Waals surface area contributed by atoms with Crippen LogP contribution in [0.3, 0.4) is 0 Å². The van der Waals surface area contributed by atoms with Crippen molar-refractivity contribution in [2.75, 3.05) is 125 Å². The van der Waals surface area contributed by atoms with Crippen LogP contribution in [-0.2, 0) is 176 Å². The first-order chi connectivity index (χ1) is 69.8. The molecule has 0 spiro atoms. The Bertz CT molecular complexity index is 4060. The predicted octanol–water partition coefficient (Wildman–Crippen LogP) is 1.54. The third-order valence-corrected chi connectivity index (χ3v) is 23.4. The molecule has 147 heavy (non-hydrogen) atoms. The van der Waals surface area contributed by atoms with E-state index in [9.17, 15) is 91.1 Å². The molecule has 3 heterocycles. The van der Waals surface area contributed by atoms with E-state index in [1.807, 2.05) is 27.7 Å². The maximum atomic E-state index is 14.8. The topological polar surface area (TPSA) is 632 Å². The number of hydrogen-bond acceptors (Lipinski definition) is 40. The lowest BCUT2D eigenvalue weighted by Crippen LogP contribution is -2.66. The third-order valence-electron chi connectivity index (χ3n) is 21.4. The summed E-state index contributed by atoms with van der Waals surface area (Å²) in [5, 5.41) is 27.7. The fourth-order valence-corrected chi connectivity index (χ4v) is 16.7. The number of amides is 10. The molecule has 3 saturated heterocycles. The van der Waals surface area contributed by atoms with Crippen LogP contribution in [0.5, 0.6) is 5.75 Å². The van der Waals surface area contributed by atoms with E-state index in [1.165, 1.54) is 32.9 Å². The Morgan fingerprint density at radius 2 is 0.639 bits per heavy atom. The Kier molecular flexibility index (Phi) is 61.2. The Hall–Kier alpha value is -11.5. The number of unbranched alkanes of at least 4 members (excludes halogenated alkanes) is 3. The number of hydrogen-bond donors (Lipinski definition) is 10. The number of esters is 9.